The van der Waals surface area contributed by atoms with Gasteiger partial charge in [0.25, 0.3) is 5.91 Å². The summed E-state index contributed by atoms with van der Waals surface area (Å²) in [6, 6.07) is 17.6. The van der Waals surface area contributed by atoms with E-state index in [1.54, 1.807) is 17.8 Å². The van der Waals surface area contributed by atoms with Crippen LogP contribution in [0.4, 0.5) is 9.80 Å². The van der Waals surface area contributed by atoms with Crippen LogP contribution in [0.1, 0.15) is 69.7 Å². The van der Waals surface area contributed by atoms with Crippen LogP contribution in [0.25, 0.3) is 0 Å². The number of rotatable bonds is 12. The van der Waals surface area contributed by atoms with Gasteiger partial charge in [0.1, 0.15) is 0 Å². The maximum Gasteiger partial charge on any atom is 0.264 e. The Morgan fingerprint density at radius 1 is 1.11 bits per heavy atom. The highest BCUT2D eigenvalue weighted by molar-refractivity contribution is 6.72. The maximum absolute atomic E-state index is 16.2. The van der Waals surface area contributed by atoms with Gasteiger partial charge in [-0.05, 0) is 64.8 Å². The van der Waals surface area contributed by atoms with Crippen molar-refractivity contribution in [2.45, 2.75) is 89.8 Å². The van der Waals surface area contributed by atoms with Gasteiger partial charge in [0, 0.05) is 36.3 Å². The van der Waals surface area contributed by atoms with E-state index in [-0.39, 0.29) is 29.9 Å². The molecule has 3 aromatic rings. The zero-order chi connectivity index (χ0) is 32.4. The molecule has 1 unspecified atom stereocenters. The second kappa shape index (κ2) is 13.5. The molecule has 7 nitrogen and oxygen atoms in total. The van der Waals surface area contributed by atoms with Crippen LogP contribution in [-0.2, 0) is 21.7 Å². The van der Waals surface area contributed by atoms with Crippen LogP contribution in [0.2, 0.25) is 18.6 Å². The molecule has 2 aliphatic heterocycles. The smallest absolute Gasteiger partial charge is 0.264 e. The molecule has 1 fully saturated rings. The van der Waals surface area contributed by atoms with E-state index < -0.39 is 20.1 Å². The highest BCUT2D eigenvalue weighted by atomic mass is 28.4. The molecule has 1 amide bonds. The summed E-state index contributed by atoms with van der Waals surface area (Å²) in [4.78, 5) is 16.3. The number of benzene rings is 2. The van der Waals surface area contributed by atoms with Gasteiger partial charge in [0.15, 0.2) is 5.60 Å². The first-order chi connectivity index (χ1) is 21.5. The number of aliphatic hydroxyl groups excluding tert-OH is 1. The van der Waals surface area contributed by atoms with Gasteiger partial charge in [-0.1, -0.05) is 84.0 Å². The third kappa shape index (κ3) is 6.62. The number of ether oxygens (including phenoxy) is 1. The molecule has 0 saturated carbocycles. The van der Waals surface area contributed by atoms with E-state index in [1.165, 1.54) is 11.1 Å². The first kappa shape index (κ1) is 33.0. The molecule has 0 bridgehead atoms. The standard InChI is InChI=1S/C36H47FN4O3Si/c1-25(2)13-12-14-26(3)19-22-41-32-18-11-10-17-30(32)36(35(41)43)27(4)34(45(5,6)37)33(44-36)20-21-40-23-31(38-39-40)29(24-42)28-15-8-7-9-16-28/h7-11,13,15-19,23,27,29,33-34,42H,12,14,20-22,24H2,1-6H3/b26-19+/t27-,29?,33+,34-,36+/m1/s1. The van der Waals surface area contributed by atoms with Gasteiger partial charge in [0.2, 0.25) is 8.41 Å². The fourth-order valence-electron chi connectivity index (χ4n) is 7.29. The van der Waals surface area contributed by atoms with Crippen molar-refractivity contribution in [3.63, 3.8) is 0 Å². The normalized spacial score (nSPS) is 23.9. The Labute approximate surface area is 268 Å². The molecule has 0 aliphatic carbocycles. The minimum Gasteiger partial charge on any atom is -0.395 e. The molecule has 1 spiro atoms. The van der Waals surface area contributed by atoms with Crippen LogP contribution < -0.4 is 4.90 Å². The second-order valence-electron chi connectivity index (χ2n) is 13.4. The number of amides is 1. The van der Waals surface area contributed by atoms with Crippen molar-refractivity contribution in [1.29, 1.82) is 0 Å². The van der Waals surface area contributed by atoms with Crippen molar-refractivity contribution in [3.05, 3.63) is 101 Å². The Balaban J connectivity index is 1.38. The number of aliphatic hydroxyl groups is 1. The van der Waals surface area contributed by atoms with Gasteiger partial charge in [-0.3, -0.25) is 9.48 Å². The summed E-state index contributed by atoms with van der Waals surface area (Å²) in [5.74, 6) is -0.717. The number of fused-ring (bicyclic) bond motifs is 2. The van der Waals surface area contributed by atoms with Crippen molar-refractivity contribution in [3.8, 4) is 0 Å². The first-order valence-electron chi connectivity index (χ1n) is 16.1. The second-order valence-corrected chi connectivity index (χ2v) is 17.2. The van der Waals surface area contributed by atoms with Crippen LogP contribution in [0.15, 0.2) is 84.1 Å². The van der Waals surface area contributed by atoms with Gasteiger partial charge in [-0.2, -0.15) is 0 Å². The molecule has 5 atom stereocenters. The minimum absolute atomic E-state index is 0.0830. The van der Waals surface area contributed by atoms with E-state index >= 15 is 4.11 Å². The number of para-hydroxylation sites is 1. The summed E-state index contributed by atoms with van der Waals surface area (Å²) in [5, 5.41) is 18.8. The Bertz CT molecular complexity index is 1540. The fraction of sp³-hybridized carbons (Fsp3) is 0.472. The summed E-state index contributed by atoms with van der Waals surface area (Å²) in [5.41, 5.74) is 4.25. The molecule has 2 aliphatic rings. The number of carbonyl (C=O) groups is 1. The molecule has 3 heterocycles. The Morgan fingerprint density at radius 3 is 2.51 bits per heavy atom. The van der Waals surface area contributed by atoms with E-state index in [0.29, 0.717) is 25.2 Å². The maximum atomic E-state index is 16.2. The average Bonchev–Trinajstić information content (AvgIpc) is 3.65. The number of aromatic nitrogens is 3. The highest BCUT2D eigenvalue weighted by Crippen LogP contribution is 2.60. The third-order valence-corrected chi connectivity index (χ3v) is 12.0. The number of carbonyl (C=O) groups excluding carboxylic acids is 1. The first-order valence-corrected chi connectivity index (χ1v) is 19.1. The topological polar surface area (TPSA) is 80.5 Å². The Morgan fingerprint density at radius 2 is 1.82 bits per heavy atom. The van der Waals surface area contributed by atoms with Crippen LogP contribution >= 0.6 is 0 Å². The molecule has 1 aromatic heterocycles. The molecular weight excluding hydrogens is 584 g/mol. The predicted octanol–water partition coefficient (Wildman–Crippen LogP) is 7.31. The van der Waals surface area contributed by atoms with Crippen molar-refractivity contribution in [2.75, 3.05) is 18.1 Å². The predicted molar refractivity (Wildman–Crippen MR) is 179 cm³/mol. The largest absolute Gasteiger partial charge is 0.395 e. The zero-order valence-corrected chi connectivity index (χ0v) is 28.4. The quantitative estimate of drug-likeness (QED) is 0.129. The van der Waals surface area contributed by atoms with Crippen LogP contribution in [-0.4, -0.2) is 53.7 Å². The van der Waals surface area contributed by atoms with E-state index in [2.05, 4.69) is 43.2 Å². The molecule has 240 valence electrons. The number of hydrogen-bond acceptors (Lipinski definition) is 5. The number of anilines is 1. The monoisotopic (exact) mass is 630 g/mol. The summed E-state index contributed by atoms with van der Waals surface area (Å²) < 4.78 is 24.8. The van der Waals surface area contributed by atoms with Crippen LogP contribution in [0.5, 0.6) is 0 Å². The minimum atomic E-state index is -3.27. The molecule has 5 rings (SSSR count). The lowest BCUT2D eigenvalue weighted by Crippen LogP contribution is -2.45. The average molecular weight is 631 g/mol. The lowest BCUT2D eigenvalue weighted by molar-refractivity contribution is -0.145. The highest BCUT2D eigenvalue weighted by Gasteiger charge is 2.66. The van der Waals surface area contributed by atoms with E-state index in [0.717, 1.165) is 29.7 Å². The summed E-state index contributed by atoms with van der Waals surface area (Å²) in [6.45, 7) is 12.6. The van der Waals surface area contributed by atoms with Crippen molar-refractivity contribution in [2.24, 2.45) is 5.92 Å². The van der Waals surface area contributed by atoms with E-state index in [4.69, 9.17) is 4.74 Å². The number of aryl methyl sites for hydroxylation is 1. The molecule has 1 saturated heterocycles. The Hall–Kier alpha value is -3.40. The SMILES string of the molecule is CC(C)=CCC/C(C)=C/CN1C(=O)[C@@]2(O[C@@H](CCn3cc(C(CO)c4ccccc4)nn3)[C@H]([Si](C)(C)F)[C@H]2C)c2ccccc21. The summed E-state index contributed by atoms with van der Waals surface area (Å²) in [7, 11) is -3.27. The molecule has 45 heavy (non-hydrogen) atoms. The number of allylic oxidation sites excluding steroid dienone is 3. The van der Waals surface area contributed by atoms with E-state index in [1.807, 2.05) is 72.6 Å². The number of hydrogen-bond donors (Lipinski definition) is 1. The number of nitrogens with zero attached hydrogens (tertiary/aromatic N) is 4. The van der Waals surface area contributed by atoms with Crippen LogP contribution in [0.3, 0.4) is 0 Å². The van der Waals surface area contributed by atoms with Gasteiger partial charge in [-0.15, -0.1) is 5.10 Å². The molecule has 1 N–H and O–H groups in total. The number of halogens is 1. The van der Waals surface area contributed by atoms with Crippen molar-refractivity contribution in [1.82, 2.24) is 15.0 Å². The zero-order valence-electron chi connectivity index (χ0n) is 27.4. The van der Waals surface area contributed by atoms with Crippen molar-refractivity contribution < 1.29 is 18.7 Å². The third-order valence-electron chi connectivity index (χ3n) is 9.52. The fourth-order valence-corrected chi connectivity index (χ4v) is 9.83. The van der Waals surface area contributed by atoms with E-state index in [9.17, 15) is 9.90 Å². The molecular formula is C36H47FN4O3Si. The lowest BCUT2D eigenvalue weighted by Gasteiger charge is -2.31. The molecule has 2 aromatic carbocycles. The van der Waals surface area contributed by atoms with Crippen molar-refractivity contribution >= 4 is 20.0 Å². The van der Waals surface area contributed by atoms with Crippen LogP contribution in [0, 0.1) is 5.92 Å². The van der Waals surface area contributed by atoms with Gasteiger partial charge >= 0.3 is 0 Å². The Kier molecular flexibility index (Phi) is 9.91. The van der Waals surface area contributed by atoms with Gasteiger partial charge in [0.05, 0.1) is 30.0 Å². The molecule has 9 heteroatoms. The summed E-state index contributed by atoms with van der Waals surface area (Å²) in [6.07, 6.45) is 8.15. The van der Waals surface area contributed by atoms with Gasteiger partial charge < -0.3 is 18.9 Å². The molecule has 0 radical (unpaired) electrons. The van der Waals surface area contributed by atoms with Gasteiger partial charge in [-0.25, -0.2) is 0 Å². The lowest BCUT2D eigenvalue weighted by atomic mass is 9.82. The summed E-state index contributed by atoms with van der Waals surface area (Å²) >= 11 is 0.